The molecule has 4 aromatic rings. The highest BCUT2D eigenvalue weighted by atomic mass is 19.1. The predicted octanol–water partition coefficient (Wildman–Crippen LogP) is 7.69. The average molecular weight is 589 g/mol. The van der Waals surface area contributed by atoms with Crippen LogP contribution in [0.1, 0.15) is 57.5 Å². The molecular formula is C34H37FN2O6. The van der Waals surface area contributed by atoms with E-state index in [0.717, 1.165) is 11.6 Å². The van der Waals surface area contributed by atoms with Crippen molar-refractivity contribution >= 4 is 28.5 Å². The minimum Gasteiger partial charge on any atom is -0.493 e. The molecule has 1 heterocycles. The van der Waals surface area contributed by atoms with Crippen molar-refractivity contribution in [1.29, 1.82) is 0 Å². The number of hydrogen-bond acceptors (Lipinski definition) is 7. The van der Waals surface area contributed by atoms with Crippen molar-refractivity contribution in [3.8, 4) is 23.0 Å². The summed E-state index contributed by atoms with van der Waals surface area (Å²) in [7, 11) is 3.04. The molecule has 4 rings (SSSR count). The normalized spacial score (nSPS) is 12.4. The van der Waals surface area contributed by atoms with Crippen LogP contribution in [0.15, 0.2) is 66.9 Å². The third kappa shape index (κ3) is 7.23. The molecule has 0 aliphatic rings. The van der Waals surface area contributed by atoms with Crippen LogP contribution in [0.5, 0.6) is 23.0 Å². The number of methoxy groups -OCH3 is 2. The lowest BCUT2D eigenvalue weighted by molar-refractivity contribution is -0.130. The number of nitrogens with zero attached hydrogens (tertiary/aromatic N) is 1. The van der Waals surface area contributed by atoms with Gasteiger partial charge in [-0.3, -0.25) is 9.78 Å². The van der Waals surface area contributed by atoms with Crippen LogP contribution in [0, 0.1) is 11.2 Å². The molecule has 3 aromatic carbocycles. The SMILES string of the molecule is COc1cc2nccc(Oc3ccc(NC(=O)C(OC(=O)c4ccc(C(C)(C)C)cc4)C(C)(C)C)cc3F)c2cc1OC. The van der Waals surface area contributed by atoms with E-state index in [1.54, 1.807) is 57.3 Å². The van der Waals surface area contributed by atoms with Gasteiger partial charge in [0.25, 0.3) is 5.91 Å². The summed E-state index contributed by atoms with van der Waals surface area (Å²) in [5.41, 5.74) is 1.36. The molecule has 0 aliphatic carbocycles. The summed E-state index contributed by atoms with van der Waals surface area (Å²) in [6.45, 7) is 11.6. The van der Waals surface area contributed by atoms with Crippen molar-refractivity contribution in [3.63, 3.8) is 0 Å². The fraction of sp³-hybridized carbons (Fsp3) is 0.324. The summed E-state index contributed by atoms with van der Waals surface area (Å²) in [5, 5.41) is 3.27. The van der Waals surface area contributed by atoms with E-state index >= 15 is 4.39 Å². The molecule has 0 bridgehead atoms. The van der Waals surface area contributed by atoms with Crippen LogP contribution >= 0.6 is 0 Å². The van der Waals surface area contributed by atoms with Gasteiger partial charge in [-0.2, -0.15) is 0 Å². The van der Waals surface area contributed by atoms with Crippen LogP contribution in [0.4, 0.5) is 10.1 Å². The Morgan fingerprint density at radius 1 is 0.814 bits per heavy atom. The first-order chi connectivity index (χ1) is 20.2. The van der Waals surface area contributed by atoms with Crippen LogP contribution in [0.2, 0.25) is 0 Å². The first-order valence-electron chi connectivity index (χ1n) is 13.8. The van der Waals surface area contributed by atoms with Crippen molar-refractivity contribution in [2.75, 3.05) is 19.5 Å². The minimum absolute atomic E-state index is 0.0576. The van der Waals surface area contributed by atoms with E-state index in [1.165, 1.54) is 26.4 Å². The highest BCUT2D eigenvalue weighted by Crippen LogP contribution is 2.37. The lowest BCUT2D eigenvalue weighted by Gasteiger charge is -2.29. The number of amides is 1. The number of anilines is 1. The Bertz CT molecular complexity index is 1640. The summed E-state index contributed by atoms with van der Waals surface area (Å²) in [6.07, 6.45) is 0.402. The molecule has 1 N–H and O–H groups in total. The van der Waals surface area contributed by atoms with E-state index < -0.39 is 29.2 Å². The van der Waals surface area contributed by atoms with Crippen molar-refractivity contribution in [3.05, 3.63) is 83.8 Å². The van der Waals surface area contributed by atoms with Crippen molar-refractivity contribution in [2.45, 2.75) is 53.1 Å². The van der Waals surface area contributed by atoms with Gasteiger partial charge in [-0.05, 0) is 47.4 Å². The second kappa shape index (κ2) is 12.3. The van der Waals surface area contributed by atoms with Gasteiger partial charge in [-0.1, -0.05) is 53.7 Å². The number of rotatable bonds is 8. The lowest BCUT2D eigenvalue weighted by atomic mass is 9.86. The Balaban J connectivity index is 1.51. The molecule has 0 fully saturated rings. The molecule has 8 nitrogen and oxygen atoms in total. The highest BCUT2D eigenvalue weighted by molar-refractivity contribution is 5.98. The van der Waals surface area contributed by atoms with E-state index in [-0.39, 0.29) is 16.9 Å². The minimum atomic E-state index is -1.14. The van der Waals surface area contributed by atoms with Crippen molar-refractivity contribution in [2.24, 2.45) is 5.41 Å². The number of benzene rings is 3. The number of pyridine rings is 1. The maximum Gasteiger partial charge on any atom is 0.338 e. The third-order valence-electron chi connectivity index (χ3n) is 6.86. The zero-order valence-electron chi connectivity index (χ0n) is 25.7. The zero-order valence-corrected chi connectivity index (χ0v) is 25.7. The number of esters is 1. The van der Waals surface area contributed by atoms with Crippen LogP contribution in [-0.2, 0) is 14.9 Å². The van der Waals surface area contributed by atoms with E-state index in [0.29, 0.717) is 33.7 Å². The maximum absolute atomic E-state index is 15.2. The molecule has 1 amide bonds. The Morgan fingerprint density at radius 2 is 1.47 bits per heavy atom. The topological polar surface area (TPSA) is 96.0 Å². The molecule has 1 unspecified atom stereocenters. The summed E-state index contributed by atoms with van der Waals surface area (Å²) < 4.78 is 37.5. The first kappa shape index (κ1) is 31.3. The average Bonchev–Trinajstić information content (AvgIpc) is 2.95. The number of ether oxygens (including phenoxy) is 4. The van der Waals surface area contributed by atoms with E-state index in [2.05, 4.69) is 31.1 Å². The van der Waals surface area contributed by atoms with Crippen LogP contribution in [0.3, 0.4) is 0 Å². The van der Waals surface area contributed by atoms with Gasteiger partial charge in [0.15, 0.2) is 29.2 Å². The maximum atomic E-state index is 15.2. The molecule has 0 saturated heterocycles. The van der Waals surface area contributed by atoms with Crippen molar-refractivity contribution in [1.82, 2.24) is 4.98 Å². The molecule has 1 atom stereocenters. The Labute approximate surface area is 251 Å². The molecule has 9 heteroatoms. The Morgan fingerprint density at radius 3 is 2.05 bits per heavy atom. The molecule has 0 saturated carbocycles. The van der Waals surface area contributed by atoms with Gasteiger partial charge in [-0.25, -0.2) is 9.18 Å². The monoisotopic (exact) mass is 588 g/mol. The fourth-order valence-electron chi connectivity index (χ4n) is 4.43. The fourth-order valence-corrected chi connectivity index (χ4v) is 4.43. The van der Waals surface area contributed by atoms with E-state index in [4.69, 9.17) is 18.9 Å². The lowest BCUT2D eigenvalue weighted by Crippen LogP contribution is -2.42. The first-order valence-corrected chi connectivity index (χ1v) is 13.8. The van der Waals surface area contributed by atoms with Gasteiger partial charge in [0.1, 0.15) is 5.75 Å². The third-order valence-corrected chi connectivity index (χ3v) is 6.86. The summed E-state index contributed by atoms with van der Waals surface area (Å²) in [6, 6.07) is 16.2. The summed E-state index contributed by atoms with van der Waals surface area (Å²) >= 11 is 0. The Hall–Kier alpha value is -4.66. The number of carbonyl (C=O) groups is 2. The van der Waals surface area contributed by atoms with Crippen molar-refractivity contribution < 1.29 is 32.9 Å². The smallest absolute Gasteiger partial charge is 0.338 e. The van der Waals surface area contributed by atoms with Gasteiger partial charge in [0.05, 0.1) is 25.3 Å². The number of aromatic nitrogens is 1. The summed E-state index contributed by atoms with van der Waals surface area (Å²) in [5.74, 6) is -0.627. The van der Waals surface area contributed by atoms with Crippen LogP contribution in [-0.4, -0.2) is 37.2 Å². The second-order valence-electron chi connectivity index (χ2n) is 12.2. The molecule has 0 spiro atoms. The highest BCUT2D eigenvalue weighted by Gasteiger charge is 2.35. The summed E-state index contributed by atoms with van der Waals surface area (Å²) in [4.78, 5) is 30.6. The van der Waals surface area contributed by atoms with Crippen LogP contribution in [0.25, 0.3) is 10.9 Å². The Kier molecular flexibility index (Phi) is 8.94. The van der Waals surface area contributed by atoms with Gasteiger partial charge < -0.3 is 24.3 Å². The molecule has 226 valence electrons. The standard InChI is InChI=1S/C34H37FN2O6/c1-33(2,3)21-11-9-20(10-12-21)32(39)43-30(34(4,5)6)31(38)37-22-13-14-27(24(35)17-22)42-26-15-16-36-25-19-29(41-8)28(40-7)18-23(25)26/h9-19,30H,1-8H3,(H,37,38). The largest absolute Gasteiger partial charge is 0.493 e. The molecule has 0 aliphatic heterocycles. The van der Waals surface area contributed by atoms with E-state index in [9.17, 15) is 9.59 Å². The number of carbonyl (C=O) groups excluding carboxylic acids is 2. The molecule has 1 aromatic heterocycles. The van der Waals surface area contributed by atoms with Gasteiger partial charge in [0, 0.05) is 34.8 Å². The molecule has 43 heavy (non-hydrogen) atoms. The molecule has 0 radical (unpaired) electrons. The van der Waals surface area contributed by atoms with Gasteiger partial charge in [0.2, 0.25) is 0 Å². The number of halogens is 1. The van der Waals surface area contributed by atoms with Gasteiger partial charge >= 0.3 is 5.97 Å². The number of hydrogen-bond donors (Lipinski definition) is 1. The molecular weight excluding hydrogens is 551 g/mol. The van der Waals surface area contributed by atoms with Gasteiger partial charge in [-0.15, -0.1) is 0 Å². The van der Waals surface area contributed by atoms with Crippen LogP contribution < -0.4 is 19.5 Å². The zero-order chi connectivity index (χ0) is 31.5. The predicted molar refractivity (Wildman–Crippen MR) is 164 cm³/mol. The number of nitrogens with one attached hydrogen (secondary N) is 1. The van der Waals surface area contributed by atoms with E-state index in [1.807, 2.05) is 12.1 Å². The second-order valence-corrected chi connectivity index (χ2v) is 12.2. The number of fused-ring (bicyclic) bond motifs is 1. The quantitative estimate of drug-likeness (QED) is 0.211.